The van der Waals surface area contributed by atoms with E-state index in [1.807, 2.05) is 30.6 Å². The molecular weight excluding hydrogens is 442 g/mol. The first kappa shape index (κ1) is 24.8. The van der Waals surface area contributed by atoms with Gasteiger partial charge >= 0.3 is 6.09 Å². The normalized spacial score (nSPS) is 37.1. The molecule has 4 fully saturated rings. The second kappa shape index (κ2) is 9.72. The number of carbonyl (C=O) groups is 2. The molecule has 0 aromatic carbocycles. The average Bonchev–Trinajstić information content (AvgIpc) is 3.11. The van der Waals surface area contributed by atoms with Gasteiger partial charge in [-0.2, -0.15) is 4.31 Å². The van der Waals surface area contributed by atoms with Crippen LogP contribution in [0, 0.1) is 11.8 Å². The van der Waals surface area contributed by atoms with E-state index in [1.54, 1.807) is 11.2 Å². The number of ether oxygens (including phenoxy) is 1. The Bertz CT molecular complexity index is 847. The number of hydrogen-bond donors (Lipinski definition) is 0. The van der Waals surface area contributed by atoms with Crippen LogP contribution in [0.1, 0.15) is 79.1 Å². The summed E-state index contributed by atoms with van der Waals surface area (Å²) >= 11 is 0. The molecule has 0 aromatic heterocycles. The number of rotatable bonds is 3. The van der Waals surface area contributed by atoms with Crippen molar-refractivity contribution in [3.05, 3.63) is 0 Å². The molecule has 0 radical (unpaired) electrons. The van der Waals surface area contributed by atoms with Gasteiger partial charge in [-0.1, -0.05) is 12.8 Å². The number of fused-ring (bicyclic) bond motifs is 1. The molecule has 4 rings (SSSR count). The minimum absolute atomic E-state index is 0.0283. The molecule has 0 spiro atoms. The maximum absolute atomic E-state index is 13.0. The summed E-state index contributed by atoms with van der Waals surface area (Å²) in [6.07, 6.45) is 7.10. The van der Waals surface area contributed by atoms with Crippen molar-refractivity contribution in [1.29, 1.82) is 0 Å². The van der Waals surface area contributed by atoms with Crippen molar-refractivity contribution in [3.8, 4) is 0 Å². The van der Waals surface area contributed by atoms with Gasteiger partial charge in [0.2, 0.25) is 15.9 Å². The minimum Gasteiger partial charge on any atom is -0.447 e. The van der Waals surface area contributed by atoms with E-state index in [0.717, 1.165) is 51.4 Å². The second-order valence-corrected chi connectivity index (χ2v) is 13.0. The molecule has 8 nitrogen and oxygen atoms in total. The molecule has 0 N–H and O–H groups in total. The highest BCUT2D eigenvalue weighted by Crippen LogP contribution is 2.44. The third-order valence-electron chi connectivity index (χ3n) is 8.35. The number of amides is 2. The van der Waals surface area contributed by atoms with E-state index in [0.29, 0.717) is 24.9 Å². The van der Waals surface area contributed by atoms with Gasteiger partial charge in [0.1, 0.15) is 0 Å². The molecule has 2 amide bonds. The van der Waals surface area contributed by atoms with Crippen LogP contribution < -0.4 is 0 Å². The summed E-state index contributed by atoms with van der Waals surface area (Å²) in [5, 5.41) is 0. The zero-order valence-corrected chi connectivity index (χ0v) is 21.4. The fraction of sp³-hybridized carbons (Fsp3) is 0.917. The zero-order chi connectivity index (χ0) is 23.9. The van der Waals surface area contributed by atoms with Crippen molar-refractivity contribution in [1.82, 2.24) is 14.1 Å². The fourth-order valence-corrected chi connectivity index (χ4v) is 8.85. The Morgan fingerprint density at radius 2 is 1.70 bits per heavy atom. The first-order valence-electron chi connectivity index (χ1n) is 12.8. The molecule has 6 atom stereocenters. The van der Waals surface area contributed by atoms with Crippen LogP contribution >= 0.6 is 0 Å². The largest absolute Gasteiger partial charge is 0.447 e. The number of nitrogens with zero attached hydrogens (tertiary/aromatic N) is 3. The molecule has 2 heterocycles. The average molecular weight is 484 g/mol. The summed E-state index contributed by atoms with van der Waals surface area (Å²) in [6.45, 7) is 8.53. The van der Waals surface area contributed by atoms with Crippen LogP contribution in [-0.2, 0) is 19.6 Å². The minimum atomic E-state index is -3.09. The van der Waals surface area contributed by atoms with Crippen LogP contribution in [0.5, 0.6) is 0 Å². The summed E-state index contributed by atoms with van der Waals surface area (Å²) in [6, 6.07) is 0.0853. The van der Waals surface area contributed by atoms with Gasteiger partial charge in [-0.25, -0.2) is 13.2 Å². The van der Waals surface area contributed by atoms with Gasteiger partial charge in [0.25, 0.3) is 0 Å². The predicted octanol–water partition coefficient (Wildman–Crippen LogP) is 3.22. The number of carbonyl (C=O) groups excluding carboxylic acids is 2. The Morgan fingerprint density at radius 1 is 0.970 bits per heavy atom. The Hall–Kier alpha value is -1.35. The van der Waals surface area contributed by atoms with Gasteiger partial charge in [0.05, 0.1) is 23.9 Å². The van der Waals surface area contributed by atoms with E-state index in [9.17, 15) is 18.0 Å². The first-order chi connectivity index (χ1) is 15.6. The maximum atomic E-state index is 13.0. The summed E-state index contributed by atoms with van der Waals surface area (Å²) in [7, 11) is -3.09. The van der Waals surface area contributed by atoms with E-state index in [2.05, 4.69) is 0 Å². The summed E-state index contributed by atoms with van der Waals surface area (Å²) in [4.78, 5) is 29.3. The smallest absolute Gasteiger partial charge is 0.410 e. The molecule has 188 valence electrons. The quantitative estimate of drug-likeness (QED) is 0.615. The molecule has 9 heteroatoms. The standard InChI is InChI=1S/C24H41N3O5S/c1-16(2)32-24(29)25-15-17(3)27(18(4)28)22-10-9-20(14-23(22)25)19-7-5-8-21(13-19)26-11-6-12-33(26,30)31/h16-17,19-23H,5-15H2,1-4H3/t17-,19?,20?,21?,22?,23?/m0/s1. The van der Waals surface area contributed by atoms with E-state index >= 15 is 0 Å². The topological polar surface area (TPSA) is 87.2 Å². The SMILES string of the molecule is CC(=O)N1C2CCC(C3CCCC(N4CCCS4(=O)=O)C3)CC2N(C(=O)OC(C)C)C[C@@H]1C. The van der Waals surface area contributed by atoms with E-state index in [4.69, 9.17) is 4.74 Å². The predicted molar refractivity (Wildman–Crippen MR) is 126 cm³/mol. The van der Waals surface area contributed by atoms with Gasteiger partial charge < -0.3 is 14.5 Å². The summed E-state index contributed by atoms with van der Waals surface area (Å²) < 4.78 is 32.4. The Balaban J connectivity index is 1.51. The summed E-state index contributed by atoms with van der Waals surface area (Å²) in [5.41, 5.74) is 0. The van der Waals surface area contributed by atoms with Crippen molar-refractivity contribution in [3.63, 3.8) is 0 Å². The molecule has 2 saturated heterocycles. The van der Waals surface area contributed by atoms with Gasteiger partial charge in [0.15, 0.2) is 0 Å². The second-order valence-electron chi connectivity index (χ2n) is 10.9. The molecule has 5 unspecified atom stereocenters. The van der Waals surface area contributed by atoms with Crippen LogP contribution in [0.4, 0.5) is 4.79 Å². The van der Waals surface area contributed by atoms with Gasteiger partial charge in [0, 0.05) is 32.1 Å². The number of piperazine rings is 1. The fourth-order valence-electron chi connectivity index (χ4n) is 7.07. The Kier molecular flexibility index (Phi) is 7.29. The van der Waals surface area contributed by atoms with Crippen LogP contribution in [0.2, 0.25) is 0 Å². The highest BCUT2D eigenvalue weighted by atomic mass is 32.2. The lowest BCUT2D eigenvalue weighted by atomic mass is 9.68. The van der Waals surface area contributed by atoms with E-state index in [1.165, 1.54) is 0 Å². The maximum Gasteiger partial charge on any atom is 0.410 e. The van der Waals surface area contributed by atoms with Crippen LogP contribution in [0.3, 0.4) is 0 Å². The highest BCUT2D eigenvalue weighted by molar-refractivity contribution is 7.89. The van der Waals surface area contributed by atoms with Gasteiger partial charge in [-0.05, 0) is 71.1 Å². The first-order valence-corrected chi connectivity index (χ1v) is 14.4. The number of hydrogen-bond acceptors (Lipinski definition) is 5. The lowest BCUT2D eigenvalue weighted by molar-refractivity contribution is -0.142. The molecule has 2 aliphatic heterocycles. The lowest BCUT2D eigenvalue weighted by Gasteiger charge is -2.54. The van der Waals surface area contributed by atoms with Crippen molar-refractivity contribution < 1.29 is 22.7 Å². The van der Waals surface area contributed by atoms with E-state index < -0.39 is 10.0 Å². The van der Waals surface area contributed by atoms with Crippen LogP contribution in [0.15, 0.2) is 0 Å². The van der Waals surface area contributed by atoms with Crippen LogP contribution in [-0.4, -0.2) is 83.6 Å². The Morgan fingerprint density at radius 3 is 2.33 bits per heavy atom. The summed E-state index contributed by atoms with van der Waals surface area (Å²) in [5.74, 6) is 1.27. The Labute approximate surface area is 199 Å². The molecule has 33 heavy (non-hydrogen) atoms. The third kappa shape index (κ3) is 5.04. The van der Waals surface area contributed by atoms with Crippen LogP contribution in [0.25, 0.3) is 0 Å². The zero-order valence-electron chi connectivity index (χ0n) is 20.6. The molecule has 0 bridgehead atoms. The lowest BCUT2D eigenvalue weighted by Crippen LogP contribution is -2.67. The van der Waals surface area contributed by atoms with Crippen molar-refractivity contribution in [2.24, 2.45) is 11.8 Å². The highest BCUT2D eigenvalue weighted by Gasteiger charge is 2.48. The molecule has 2 aliphatic carbocycles. The number of sulfonamides is 1. The van der Waals surface area contributed by atoms with E-state index in [-0.39, 0.29) is 48.0 Å². The molecule has 4 aliphatic rings. The van der Waals surface area contributed by atoms with Crippen molar-refractivity contribution in [2.45, 2.75) is 109 Å². The molecule has 2 saturated carbocycles. The molecular formula is C24H41N3O5S. The van der Waals surface area contributed by atoms with Crippen molar-refractivity contribution >= 4 is 22.0 Å². The van der Waals surface area contributed by atoms with Gasteiger partial charge in [-0.3, -0.25) is 4.79 Å². The molecule has 0 aromatic rings. The van der Waals surface area contributed by atoms with Gasteiger partial charge in [-0.15, -0.1) is 0 Å². The monoisotopic (exact) mass is 483 g/mol. The third-order valence-corrected chi connectivity index (χ3v) is 10.3. The van der Waals surface area contributed by atoms with Crippen molar-refractivity contribution in [2.75, 3.05) is 18.8 Å².